The van der Waals surface area contributed by atoms with Crippen molar-refractivity contribution in [1.82, 2.24) is 15.2 Å². The Bertz CT molecular complexity index is 953. The van der Waals surface area contributed by atoms with Crippen molar-refractivity contribution in [3.8, 4) is 0 Å². The molecule has 142 valence electrons. The molecular weight excluding hydrogens is 363 g/mol. The Morgan fingerprint density at radius 2 is 1.93 bits per heavy atom. The Balaban J connectivity index is 2.09. The van der Waals surface area contributed by atoms with Crippen LogP contribution in [0.2, 0.25) is 0 Å². The highest BCUT2D eigenvalue weighted by atomic mass is 19.4. The minimum absolute atomic E-state index is 0.0417. The summed E-state index contributed by atoms with van der Waals surface area (Å²) in [5, 5.41) is 2.51. The molecule has 0 aliphatic carbocycles. The lowest BCUT2D eigenvalue weighted by Gasteiger charge is -2.36. The number of benzene rings is 1. The van der Waals surface area contributed by atoms with Gasteiger partial charge >= 0.3 is 6.18 Å². The fourth-order valence-corrected chi connectivity index (χ4v) is 3.15. The van der Waals surface area contributed by atoms with Crippen LogP contribution in [0.4, 0.5) is 13.2 Å². The Hall–Kier alpha value is -3.10. The summed E-state index contributed by atoms with van der Waals surface area (Å²) in [6.45, 7) is 1.71. The fourth-order valence-electron chi connectivity index (χ4n) is 3.15. The summed E-state index contributed by atoms with van der Waals surface area (Å²) in [7, 11) is 0. The molecule has 1 aromatic carbocycles. The summed E-state index contributed by atoms with van der Waals surface area (Å²) in [5.41, 5.74) is -1.17. The molecule has 0 radical (unpaired) electrons. The summed E-state index contributed by atoms with van der Waals surface area (Å²) >= 11 is 0. The molecule has 1 aromatic heterocycles. The molecular formula is C18H16F3N3O3. The van der Waals surface area contributed by atoms with E-state index in [0.717, 1.165) is 11.0 Å². The first-order valence-electron chi connectivity index (χ1n) is 8.14. The lowest BCUT2D eigenvalue weighted by atomic mass is 9.95. The van der Waals surface area contributed by atoms with Gasteiger partial charge in [0.1, 0.15) is 6.04 Å². The van der Waals surface area contributed by atoms with E-state index in [1.54, 1.807) is 6.92 Å². The van der Waals surface area contributed by atoms with Crippen LogP contribution >= 0.6 is 0 Å². The highest BCUT2D eigenvalue weighted by Crippen LogP contribution is 2.37. The molecule has 2 heterocycles. The second-order valence-electron chi connectivity index (χ2n) is 6.17. The molecule has 1 fully saturated rings. The van der Waals surface area contributed by atoms with Gasteiger partial charge in [-0.3, -0.25) is 14.4 Å². The van der Waals surface area contributed by atoms with E-state index in [1.165, 1.54) is 30.5 Å². The smallest absolute Gasteiger partial charge is 0.352 e. The number of nitrogens with zero attached hydrogens (tertiary/aromatic N) is 1. The monoisotopic (exact) mass is 379 g/mol. The third kappa shape index (κ3) is 3.57. The standard InChI is InChI=1S/C18H16F3N3O3/c1-10-8-14(25)23-9-12(10)17(27)24-7-6-22-16(26)15(24)11-4-2-3-5-13(11)18(19,20)21/h2-5,8-9,15H,6-7H2,1H3,(H,22,26)(H,23,25). The van der Waals surface area contributed by atoms with E-state index in [0.29, 0.717) is 5.56 Å². The molecule has 1 atom stereocenters. The van der Waals surface area contributed by atoms with Crippen molar-refractivity contribution >= 4 is 11.8 Å². The van der Waals surface area contributed by atoms with Crippen molar-refractivity contribution in [1.29, 1.82) is 0 Å². The summed E-state index contributed by atoms with van der Waals surface area (Å²) in [4.78, 5) is 40.2. The van der Waals surface area contributed by atoms with Gasteiger partial charge in [0.25, 0.3) is 5.91 Å². The zero-order valence-corrected chi connectivity index (χ0v) is 14.3. The highest BCUT2D eigenvalue weighted by molar-refractivity contribution is 5.99. The van der Waals surface area contributed by atoms with Crippen molar-refractivity contribution in [3.63, 3.8) is 0 Å². The molecule has 2 amide bonds. The summed E-state index contributed by atoms with van der Waals surface area (Å²) in [6, 6.07) is 4.49. The fraction of sp³-hybridized carbons (Fsp3) is 0.278. The highest BCUT2D eigenvalue weighted by Gasteiger charge is 2.41. The van der Waals surface area contributed by atoms with Crippen LogP contribution in [0.5, 0.6) is 0 Å². The lowest BCUT2D eigenvalue weighted by Crippen LogP contribution is -2.52. The number of H-pyrrole nitrogens is 1. The van der Waals surface area contributed by atoms with Gasteiger partial charge in [0.2, 0.25) is 11.5 Å². The zero-order valence-electron chi connectivity index (χ0n) is 14.3. The number of amides is 2. The molecule has 2 aromatic rings. The number of piperazine rings is 1. The molecule has 3 rings (SSSR count). The summed E-state index contributed by atoms with van der Waals surface area (Å²) in [5.74, 6) is -1.31. The van der Waals surface area contributed by atoms with Gasteiger partial charge in [-0.25, -0.2) is 0 Å². The Morgan fingerprint density at radius 1 is 1.22 bits per heavy atom. The third-order valence-electron chi connectivity index (χ3n) is 4.40. The van der Waals surface area contributed by atoms with Crippen molar-refractivity contribution in [3.05, 3.63) is 69.1 Å². The first kappa shape index (κ1) is 18.7. The normalized spacial score (nSPS) is 17.6. The predicted octanol–water partition coefficient (Wildman–Crippen LogP) is 2.02. The number of carbonyl (C=O) groups is 2. The number of nitrogens with one attached hydrogen (secondary N) is 2. The summed E-state index contributed by atoms with van der Waals surface area (Å²) < 4.78 is 40.2. The number of halogens is 3. The molecule has 1 aliphatic rings. The van der Waals surface area contributed by atoms with Crippen LogP contribution < -0.4 is 10.9 Å². The number of pyridine rings is 1. The number of aromatic amines is 1. The third-order valence-corrected chi connectivity index (χ3v) is 4.40. The molecule has 2 N–H and O–H groups in total. The molecule has 6 nitrogen and oxygen atoms in total. The van der Waals surface area contributed by atoms with E-state index in [1.807, 2.05) is 0 Å². The second kappa shape index (κ2) is 6.90. The van der Waals surface area contributed by atoms with Gasteiger partial charge in [0.05, 0.1) is 11.1 Å². The zero-order chi connectivity index (χ0) is 19.8. The van der Waals surface area contributed by atoms with E-state index >= 15 is 0 Å². The van der Waals surface area contributed by atoms with E-state index in [2.05, 4.69) is 10.3 Å². The minimum atomic E-state index is -4.67. The van der Waals surface area contributed by atoms with Crippen LogP contribution in [0.3, 0.4) is 0 Å². The molecule has 9 heteroatoms. The Morgan fingerprint density at radius 3 is 2.59 bits per heavy atom. The number of aryl methyl sites for hydroxylation is 1. The van der Waals surface area contributed by atoms with E-state index in [9.17, 15) is 27.6 Å². The van der Waals surface area contributed by atoms with Gasteiger partial charge in [0, 0.05) is 25.4 Å². The number of rotatable bonds is 2. The molecule has 1 unspecified atom stereocenters. The minimum Gasteiger partial charge on any atom is -0.352 e. The average molecular weight is 379 g/mol. The molecule has 1 saturated heterocycles. The first-order valence-corrected chi connectivity index (χ1v) is 8.14. The van der Waals surface area contributed by atoms with E-state index in [-0.39, 0.29) is 24.2 Å². The van der Waals surface area contributed by atoms with Crippen molar-refractivity contribution in [2.24, 2.45) is 0 Å². The molecule has 0 saturated carbocycles. The van der Waals surface area contributed by atoms with Crippen LogP contribution in [-0.4, -0.2) is 34.8 Å². The van der Waals surface area contributed by atoms with Crippen LogP contribution in [0.15, 0.2) is 41.3 Å². The summed E-state index contributed by atoms with van der Waals surface area (Å²) in [6.07, 6.45) is -3.46. The largest absolute Gasteiger partial charge is 0.416 e. The number of hydrogen-bond acceptors (Lipinski definition) is 3. The first-order chi connectivity index (χ1) is 12.7. The maximum absolute atomic E-state index is 13.4. The number of hydrogen-bond donors (Lipinski definition) is 2. The van der Waals surface area contributed by atoms with Gasteiger partial charge in [-0.1, -0.05) is 18.2 Å². The lowest BCUT2D eigenvalue weighted by molar-refractivity contribution is -0.139. The van der Waals surface area contributed by atoms with Crippen LogP contribution in [0.1, 0.15) is 33.1 Å². The maximum Gasteiger partial charge on any atom is 0.416 e. The molecule has 27 heavy (non-hydrogen) atoms. The quantitative estimate of drug-likeness (QED) is 0.838. The molecule has 1 aliphatic heterocycles. The SMILES string of the molecule is Cc1cc(=O)[nH]cc1C(=O)N1CCNC(=O)C1c1ccccc1C(F)(F)F. The Labute approximate surface area is 152 Å². The average Bonchev–Trinajstić information content (AvgIpc) is 2.60. The molecule has 0 spiro atoms. The van der Waals surface area contributed by atoms with E-state index in [4.69, 9.17) is 0 Å². The van der Waals surface area contributed by atoms with Crippen LogP contribution in [-0.2, 0) is 11.0 Å². The number of alkyl halides is 3. The Kier molecular flexibility index (Phi) is 4.77. The second-order valence-corrected chi connectivity index (χ2v) is 6.17. The van der Waals surface area contributed by atoms with Gasteiger partial charge in [0.15, 0.2) is 0 Å². The van der Waals surface area contributed by atoms with Crippen molar-refractivity contribution < 1.29 is 22.8 Å². The number of carbonyl (C=O) groups excluding carboxylic acids is 2. The topological polar surface area (TPSA) is 82.3 Å². The van der Waals surface area contributed by atoms with E-state index < -0.39 is 35.2 Å². The van der Waals surface area contributed by atoms with Crippen LogP contribution in [0.25, 0.3) is 0 Å². The van der Waals surface area contributed by atoms with Crippen molar-refractivity contribution in [2.45, 2.75) is 19.1 Å². The number of aromatic nitrogens is 1. The van der Waals surface area contributed by atoms with Gasteiger partial charge in [-0.15, -0.1) is 0 Å². The molecule has 0 bridgehead atoms. The predicted molar refractivity (Wildman–Crippen MR) is 90.0 cm³/mol. The van der Waals surface area contributed by atoms with Gasteiger partial charge in [-0.05, 0) is 24.1 Å². The van der Waals surface area contributed by atoms with Crippen molar-refractivity contribution in [2.75, 3.05) is 13.1 Å². The maximum atomic E-state index is 13.4. The van der Waals surface area contributed by atoms with Gasteiger partial charge < -0.3 is 15.2 Å². The van der Waals surface area contributed by atoms with Gasteiger partial charge in [-0.2, -0.15) is 13.2 Å². The van der Waals surface area contributed by atoms with Crippen LogP contribution in [0, 0.1) is 6.92 Å².